The fourth-order valence-corrected chi connectivity index (χ4v) is 5.59. The number of rotatable bonds is 6. The summed E-state index contributed by atoms with van der Waals surface area (Å²) in [6, 6.07) is 19.3. The highest BCUT2D eigenvalue weighted by Crippen LogP contribution is 2.42. The molecule has 2 aliphatic rings. The van der Waals surface area contributed by atoms with Crippen LogP contribution in [0.15, 0.2) is 73.1 Å². The molecule has 2 unspecified atom stereocenters. The number of hydrogen-bond donors (Lipinski definition) is 0. The van der Waals surface area contributed by atoms with E-state index in [1.165, 1.54) is 0 Å². The molecular weight excluding hydrogens is 454 g/mol. The van der Waals surface area contributed by atoms with Crippen molar-refractivity contribution in [1.29, 1.82) is 0 Å². The normalized spacial score (nSPS) is 20.9. The van der Waals surface area contributed by atoms with Crippen molar-refractivity contribution >= 4 is 17.5 Å². The van der Waals surface area contributed by atoms with Crippen LogP contribution in [0.1, 0.15) is 43.3 Å². The van der Waals surface area contributed by atoms with E-state index in [9.17, 15) is 9.59 Å². The molecule has 3 aromatic rings. The molecule has 2 aromatic carbocycles. The number of aromatic nitrogens is 1. The zero-order valence-electron chi connectivity index (χ0n) is 20.9. The Bertz CT molecular complexity index is 1170. The SMILES string of the molecule is COc1ccc(C2C(C(=O)N3CCC(n4cccc4)CC3)CCC(=O)N2c2ccc(OC)cc2)cc1. The maximum atomic E-state index is 14.0. The lowest BCUT2D eigenvalue weighted by Crippen LogP contribution is -2.50. The number of anilines is 1. The molecule has 2 aliphatic heterocycles. The molecule has 1 aromatic heterocycles. The number of benzene rings is 2. The van der Waals surface area contributed by atoms with E-state index < -0.39 is 0 Å². The molecule has 0 saturated carbocycles. The van der Waals surface area contributed by atoms with Gasteiger partial charge in [0.15, 0.2) is 0 Å². The van der Waals surface area contributed by atoms with E-state index in [1.54, 1.807) is 19.1 Å². The summed E-state index contributed by atoms with van der Waals surface area (Å²) in [5, 5.41) is 0. The Balaban J connectivity index is 1.44. The van der Waals surface area contributed by atoms with Crippen LogP contribution in [-0.2, 0) is 9.59 Å². The van der Waals surface area contributed by atoms with Crippen molar-refractivity contribution in [1.82, 2.24) is 9.47 Å². The molecule has 2 saturated heterocycles. The summed E-state index contributed by atoms with van der Waals surface area (Å²) >= 11 is 0. The largest absolute Gasteiger partial charge is 0.497 e. The molecular formula is C29H33N3O4. The van der Waals surface area contributed by atoms with E-state index in [0.717, 1.165) is 48.7 Å². The number of amides is 2. The third-order valence-electron chi connectivity index (χ3n) is 7.55. The zero-order valence-corrected chi connectivity index (χ0v) is 20.9. The number of methoxy groups -OCH3 is 2. The molecule has 0 N–H and O–H groups in total. The Labute approximate surface area is 212 Å². The first kappa shape index (κ1) is 24.0. The van der Waals surface area contributed by atoms with Gasteiger partial charge in [-0.1, -0.05) is 12.1 Å². The zero-order chi connectivity index (χ0) is 25.1. The number of carbonyl (C=O) groups excluding carboxylic acids is 2. The first-order valence-corrected chi connectivity index (χ1v) is 12.6. The number of ether oxygens (including phenoxy) is 2. The highest BCUT2D eigenvalue weighted by Gasteiger charge is 2.43. The molecule has 0 radical (unpaired) electrons. The molecule has 2 amide bonds. The van der Waals surface area contributed by atoms with E-state index in [-0.39, 0.29) is 23.8 Å². The number of carbonyl (C=O) groups is 2. The molecule has 7 heteroatoms. The molecule has 0 bridgehead atoms. The summed E-state index contributed by atoms with van der Waals surface area (Å²) < 4.78 is 12.9. The van der Waals surface area contributed by atoms with Gasteiger partial charge in [0.2, 0.25) is 11.8 Å². The van der Waals surface area contributed by atoms with E-state index in [4.69, 9.17) is 9.47 Å². The van der Waals surface area contributed by atoms with Gasteiger partial charge < -0.3 is 23.8 Å². The Morgan fingerprint density at radius 2 is 1.42 bits per heavy atom. The highest BCUT2D eigenvalue weighted by molar-refractivity contribution is 5.97. The van der Waals surface area contributed by atoms with Crippen LogP contribution in [0.2, 0.25) is 0 Å². The Morgan fingerprint density at radius 1 is 0.833 bits per heavy atom. The summed E-state index contributed by atoms with van der Waals surface area (Å²) in [6.07, 6.45) is 6.94. The van der Waals surface area contributed by atoms with E-state index in [0.29, 0.717) is 18.9 Å². The Hall–Kier alpha value is -3.74. The molecule has 188 valence electrons. The van der Waals surface area contributed by atoms with Crippen molar-refractivity contribution in [3.63, 3.8) is 0 Å². The van der Waals surface area contributed by atoms with Gasteiger partial charge >= 0.3 is 0 Å². The molecule has 3 heterocycles. The lowest BCUT2D eigenvalue weighted by Gasteiger charge is -2.43. The molecule has 5 rings (SSSR count). The number of hydrogen-bond acceptors (Lipinski definition) is 4. The first-order chi connectivity index (χ1) is 17.6. The maximum absolute atomic E-state index is 14.0. The topological polar surface area (TPSA) is 64.0 Å². The minimum atomic E-state index is -0.389. The van der Waals surface area contributed by atoms with Gasteiger partial charge in [-0.15, -0.1) is 0 Å². The second-order valence-corrected chi connectivity index (χ2v) is 9.51. The molecule has 2 fully saturated rings. The van der Waals surface area contributed by atoms with Crippen LogP contribution in [0.4, 0.5) is 5.69 Å². The predicted octanol–water partition coefficient (Wildman–Crippen LogP) is 4.85. The van der Waals surface area contributed by atoms with Crippen molar-refractivity contribution < 1.29 is 19.1 Å². The van der Waals surface area contributed by atoms with E-state index in [2.05, 4.69) is 17.0 Å². The highest BCUT2D eigenvalue weighted by atomic mass is 16.5. The van der Waals surface area contributed by atoms with Gasteiger partial charge in [-0.2, -0.15) is 0 Å². The van der Waals surface area contributed by atoms with E-state index >= 15 is 0 Å². The quantitative estimate of drug-likeness (QED) is 0.499. The van der Waals surface area contributed by atoms with Crippen LogP contribution < -0.4 is 14.4 Å². The minimum absolute atomic E-state index is 0.0244. The summed E-state index contributed by atoms with van der Waals surface area (Å²) in [4.78, 5) is 31.1. The predicted molar refractivity (Wildman–Crippen MR) is 138 cm³/mol. The number of piperidine rings is 2. The lowest BCUT2D eigenvalue weighted by atomic mass is 9.82. The number of likely N-dealkylation sites (tertiary alicyclic amines) is 1. The van der Waals surface area contributed by atoms with Gasteiger partial charge in [-0.25, -0.2) is 0 Å². The standard InChI is InChI=1S/C29H33N3O4/c1-35-24-9-5-21(6-10-24)28-26(13-14-27(33)32(28)23-7-11-25(36-2)12-8-23)29(34)31-19-15-22(16-20-31)30-17-3-4-18-30/h3-12,17-18,22,26,28H,13-16,19-20H2,1-2H3. The van der Waals surface area contributed by atoms with Gasteiger partial charge in [0.25, 0.3) is 0 Å². The molecule has 0 aliphatic carbocycles. The average Bonchev–Trinajstić information content (AvgIpc) is 3.48. The maximum Gasteiger partial charge on any atom is 0.228 e. The smallest absolute Gasteiger partial charge is 0.228 e. The van der Waals surface area contributed by atoms with Gasteiger partial charge in [-0.05, 0) is 73.4 Å². The third kappa shape index (κ3) is 4.70. The van der Waals surface area contributed by atoms with Crippen LogP contribution in [-0.4, -0.2) is 48.6 Å². The van der Waals surface area contributed by atoms with E-state index in [1.807, 2.05) is 65.6 Å². The van der Waals surface area contributed by atoms with Crippen LogP contribution in [0.25, 0.3) is 0 Å². The first-order valence-electron chi connectivity index (χ1n) is 12.6. The van der Waals surface area contributed by atoms with Gasteiger partial charge in [0, 0.05) is 43.6 Å². The number of nitrogens with zero attached hydrogens (tertiary/aromatic N) is 3. The van der Waals surface area contributed by atoms with Gasteiger partial charge in [0.05, 0.1) is 26.2 Å². The van der Waals surface area contributed by atoms with Crippen molar-refractivity contribution in [2.24, 2.45) is 5.92 Å². The summed E-state index contributed by atoms with van der Waals surface area (Å²) in [7, 11) is 3.25. The van der Waals surface area contributed by atoms with Crippen molar-refractivity contribution in [2.45, 2.75) is 37.8 Å². The van der Waals surface area contributed by atoms with Gasteiger partial charge in [0.1, 0.15) is 11.5 Å². The van der Waals surface area contributed by atoms with Crippen molar-refractivity contribution in [3.05, 3.63) is 78.6 Å². The summed E-state index contributed by atoms with van der Waals surface area (Å²) in [5.41, 5.74) is 1.70. The summed E-state index contributed by atoms with van der Waals surface area (Å²) in [5.74, 6) is 1.31. The van der Waals surface area contributed by atoms with Crippen LogP contribution in [0.5, 0.6) is 11.5 Å². The molecule has 7 nitrogen and oxygen atoms in total. The lowest BCUT2D eigenvalue weighted by molar-refractivity contribution is -0.139. The average molecular weight is 488 g/mol. The fourth-order valence-electron chi connectivity index (χ4n) is 5.59. The van der Waals surface area contributed by atoms with Crippen molar-refractivity contribution in [2.75, 3.05) is 32.2 Å². The Kier molecular flexibility index (Phi) is 6.98. The summed E-state index contributed by atoms with van der Waals surface area (Å²) in [6.45, 7) is 1.45. The monoisotopic (exact) mass is 487 g/mol. The second kappa shape index (κ2) is 10.5. The Morgan fingerprint density at radius 3 is 2.00 bits per heavy atom. The van der Waals surface area contributed by atoms with Crippen LogP contribution in [0, 0.1) is 5.92 Å². The van der Waals surface area contributed by atoms with Gasteiger partial charge in [-0.3, -0.25) is 9.59 Å². The molecule has 0 spiro atoms. The van der Waals surface area contributed by atoms with Crippen LogP contribution in [0.3, 0.4) is 0 Å². The molecule has 36 heavy (non-hydrogen) atoms. The minimum Gasteiger partial charge on any atom is -0.497 e. The second-order valence-electron chi connectivity index (χ2n) is 9.51. The van der Waals surface area contributed by atoms with Crippen LogP contribution >= 0.6 is 0 Å². The third-order valence-corrected chi connectivity index (χ3v) is 7.55. The fraction of sp³-hybridized carbons (Fsp3) is 0.379. The molecule has 2 atom stereocenters. The van der Waals surface area contributed by atoms with Crippen molar-refractivity contribution in [3.8, 4) is 11.5 Å².